The predicted molar refractivity (Wildman–Crippen MR) is 93.6 cm³/mol. The summed E-state index contributed by atoms with van der Waals surface area (Å²) in [6.07, 6.45) is 5.74. The minimum atomic E-state index is -0.698. The van der Waals surface area contributed by atoms with Gasteiger partial charge in [0.15, 0.2) is 0 Å². The number of amides is 1. The number of halogens is 2. The van der Waals surface area contributed by atoms with Crippen molar-refractivity contribution in [2.45, 2.75) is 6.54 Å². The smallest absolute Gasteiger partial charge is 0.246 e. The van der Waals surface area contributed by atoms with Gasteiger partial charge in [0, 0.05) is 43.7 Å². The van der Waals surface area contributed by atoms with Crippen molar-refractivity contribution in [2.24, 2.45) is 0 Å². The maximum Gasteiger partial charge on any atom is 0.246 e. The molecule has 0 saturated carbocycles. The summed E-state index contributed by atoms with van der Waals surface area (Å²) in [6.45, 7) is 1.54. The Morgan fingerprint density at radius 2 is 1.84 bits per heavy atom. The summed E-state index contributed by atoms with van der Waals surface area (Å²) < 4.78 is 27.3. The Morgan fingerprint density at radius 3 is 2.44 bits per heavy atom. The molecule has 0 saturated heterocycles. The number of rotatable bonds is 7. The summed E-state index contributed by atoms with van der Waals surface area (Å²) in [4.78, 5) is 20.1. The molecule has 0 fully saturated rings. The van der Waals surface area contributed by atoms with E-state index in [1.54, 1.807) is 23.4 Å². The predicted octanol–water partition coefficient (Wildman–Crippen LogP) is 2.96. The molecule has 0 unspecified atom stereocenters. The monoisotopic (exact) mass is 345 g/mol. The molecule has 1 aromatic carbocycles. The highest BCUT2D eigenvalue weighted by molar-refractivity contribution is 5.91. The summed E-state index contributed by atoms with van der Waals surface area (Å²) in [6, 6.07) is 7.28. The van der Waals surface area contributed by atoms with Crippen molar-refractivity contribution in [3.05, 3.63) is 71.6 Å². The van der Waals surface area contributed by atoms with E-state index in [-0.39, 0.29) is 11.5 Å². The molecule has 0 aliphatic carbocycles. The standard InChI is InChI=1S/C19H21F2N3O/c1-23(2)11-12-24(14-15-5-4-10-22-13-15)19(25)9-8-16-17(20)6-3-7-18(16)21/h3-10,13H,11-12,14H2,1-2H3/b9-8-. The Morgan fingerprint density at radius 1 is 1.12 bits per heavy atom. The molecule has 1 aromatic heterocycles. The van der Waals surface area contributed by atoms with Crippen LogP contribution in [-0.4, -0.2) is 47.9 Å². The molecule has 0 radical (unpaired) electrons. The van der Waals surface area contributed by atoms with Gasteiger partial charge >= 0.3 is 0 Å². The van der Waals surface area contributed by atoms with Crippen LogP contribution in [0.15, 0.2) is 48.8 Å². The first-order chi connectivity index (χ1) is 12.0. The normalized spacial score (nSPS) is 11.2. The maximum absolute atomic E-state index is 13.7. The fraction of sp³-hybridized carbons (Fsp3) is 0.263. The minimum absolute atomic E-state index is 0.218. The van der Waals surface area contributed by atoms with Crippen LogP contribution < -0.4 is 0 Å². The van der Waals surface area contributed by atoms with E-state index in [0.29, 0.717) is 19.6 Å². The van der Waals surface area contributed by atoms with Gasteiger partial charge < -0.3 is 9.80 Å². The highest BCUT2D eigenvalue weighted by Gasteiger charge is 2.13. The lowest BCUT2D eigenvalue weighted by molar-refractivity contribution is -0.126. The second kappa shape index (κ2) is 9.03. The summed E-state index contributed by atoms with van der Waals surface area (Å²) >= 11 is 0. The van der Waals surface area contributed by atoms with Crippen LogP contribution in [-0.2, 0) is 11.3 Å². The second-order valence-electron chi connectivity index (χ2n) is 5.89. The van der Waals surface area contributed by atoms with Gasteiger partial charge in [0.2, 0.25) is 5.91 Å². The van der Waals surface area contributed by atoms with Gasteiger partial charge in [-0.3, -0.25) is 9.78 Å². The summed E-state index contributed by atoms with van der Waals surface area (Å²) in [5.74, 6) is -1.71. The van der Waals surface area contributed by atoms with E-state index < -0.39 is 11.6 Å². The fourth-order valence-corrected chi connectivity index (χ4v) is 2.23. The molecule has 0 atom stereocenters. The lowest BCUT2D eigenvalue weighted by Gasteiger charge is -2.23. The van der Waals surface area contributed by atoms with Gasteiger partial charge in [0.25, 0.3) is 0 Å². The Bertz CT molecular complexity index is 712. The van der Waals surface area contributed by atoms with Crippen LogP contribution >= 0.6 is 0 Å². The van der Waals surface area contributed by atoms with Crippen molar-refractivity contribution in [3.8, 4) is 0 Å². The molecule has 4 nitrogen and oxygen atoms in total. The van der Waals surface area contributed by atoms with Crippen molar-refractivity contribution in [3.63, 3.8) is 0 Å². The van der Waals surface area contributed by atoms with Gasteiger partial charge in [-0.1, -0.05) is 12.1 Å². The van der Waals surface area contributed by atoms with E-state index in [9.17, 15) is 13.6 Å². The third-order valence-electron chi connectivity index (χ3n) is 3.62. The number of nitrogens with zero attached hydrogens (tertiary/aromatic N) is 3. The maximum atomic E-state index is 13.7. The molecule has 1 amide bonds. The third kappa shape index (κ3) is 5.76. The van der Waals surface area contributed by atoms with Crippen LogP contribution in [0.4, 0.5) is 8.78 Å². The Kier molecular flexibility index (Phi) is 6.77. The average Bonchev–Trinajstić information content (AvgIpc) is 2.58. The lowest BCUT2D eigenvalue weighted by atomic mass is 10.1. The number of carbonyl (C=O) groups is 1. The molecule has 1 heterocycles. The van der Waals surface area contributed by atoms with Crippen molar-refractivity contribution in [2.75, 3.05) is 27.2 Å². The van der Waals surface area contributed by atoms with E-state index in [1.165, 1.54) is 18.2 Å². The van der Waals surface area contributed by atoms with Gasteiger partial charge in [-0.15, -0.1) is 0 Å². The second-order valence-corrected chi connectivity index (χ2v) is 5.89. The quantitative estimate of drug-likeness (QED) is 0.724. The van der Waals surface area contributed by atoms with Crippen molar-refractivity contribution in [1.82, 2.24) is 14.8 Å². The van der Waals surface area contributed by atoms with Gasteiger partial charge in [-0.2, -0.15) is 0 Å². The summed E-state index contributed by atoms with van der Waals surface area (Å²) in [5.41, 5.74) is 0.671. The Balaban J connectivity index is 2.15. The van der Waals surface area contributed by atoms with Crippen molar-refractivity contribution >= 4 is 12.0 Å². The first-order valence-corrected chi connectivity index (χ1v) is 7.92. The highest BCUT2D eigenvalue weighted by atomic mass is 19.1. The van der Waals surface area contributed by atoms with Crippen LogP contribution in [0.2, 0.25) is 0 Å². The van der Waals surface area contributed by atoms with E-state index in [0.717, 1.165) is 17.7 Å². The molecule has 25 heavy (non-hydrogen) atoms. The molecule has 0 aliphatic heterocycles. The number of hydrogen-bond donors (Lipinski definition) is 0. The largest absolute Gasteiger partial charge is 0.333 e. The number of hydrogen-bond acceptors (Lipinski definition) is 3. The molecular formula is C19H21F2N3O. The first-order valence-electron chi connectivity index (χ1n) is 7.92. The summed E-state index contributed by atoms with van der Waals surface area (Å²) in [7, 11) is 3.83. The molecular weight excluding hydrogens is 324 g/mol. The zero-order chi connectivity index (χ0) is 18.2. The van der Waals surface area contributed by atoms with E-state index in [2.05, 4.69) is 4.98 Å². The number of carbonyl (C=O) groups excluding carboxylic acids is 1. The van der Waals surface area contributed by atoms with Crippen LogP contribution in [0.5, 0.6) is 0 Å². The number of benzene rings is 1. The molecule has 2 aromatic rings. The highest BCUT2D eigenvalue weighted by Crippen LogP contribution is 2.14. The molecule has 2 rings (SSSR count). The number of likely N-dealkylation sites (N-methyl/N-ethyl adjacent to an activating group) is 1. The van der Waals surface area contributed by atoms with Crippen LogP contribution in [0.25, 0.3) is 6.08 Å². The Hall–Kier alpha value is -2.60. The minimum Gasteiger partial charge on any atom is -0.333 e. The van der Waals surface area contributed by atoms with Crippen LogP contribution in [0.3, 0.4) is 0 Å². The van der Waals surface area contributed by atoms with E-state index >= 15 is 0 Å². The van der Waals surface area contributed by atoms with Gasteiger partial charge in [0.05, 0.1) is 0 Å². The summed E-state index contributed by atoms with van der Waals surface area (Å²) in [5, 5.41) is 0. The average molecular weight is 345 g/mol. The van der Waals surface area contributed by atoms with Crippen LogP contribution in [0.1, 0.15) is 11.1 Å². The molecule has 0 aliphatic rings. The molecule has 0 spiro atoms. The van der Waals surface area contributed by atoms with E-state index in [1.807, 2.05) is 25.1 Å². The van der Waals surface area contributed by atoms with E-state index in [4.69, 9.17) is 0 Å². The number of pyridine rings is 1. The van der Waals surface area contributed by atoms with Crippen molar-refractivity contribution in [1.29, 1.82) is 0 Å². The number of aromatic nitrogens is 1. The van der Waals surface area contributed by atoms with Crippen molar-refractivity contribution < 1.29 is 13.6 Å². The zero-order valence-corrected chi connectivity index (χ0v) is 14.3. The first kappa shape index (κ1) is 18.7. The van der Waals surface area contributed by atoms with Gasteiger partial charge in [-0.25, -0.2) is 8.78 Å². The third-order valence-corrected chi connectivity index (χ3v) is 3.62. The molecule has 0 N–H and O–H groups in total. The van der Waals surface area contributed by atoms with Gasteiger partial charge in [0.1, 0.15) is 11.6 Å². The lowest BCUT2D eigenvalue weighted by Crippen LogP contribution is -2.35. The van der Waals surface area contributed by atoms with Gasteiger partial charge in [-0.05, 0) is 43.9 Å². The SMILES string of the molecule is CN(C)CCN(Cc1cccnc1)C(=O)/C=C\c1c(F)cccc1F. The fourth-order valence-electron chi connectivity index (χ4n) is 2.23. The Labute approximate surface area is 146 Å². The zero-order valence-electron chi connectivity index (χ0n) is 14.3. The van der Waals surface area contributed by atoms with Crippen LogP contribution in [0, 0.1) is 11.6 Å². The molecule has 0 bridgehead atoms. The molecule has 132 valence electrons. The molecule has 6 heteroatoms. The topological polar surface area (TPSA) is 36.4 Å².